The summed E-state index contributed by atoms with van der Waals surface area (Å²) in [7, 11) is -0.948. The molecule has 1 aromatic rings. The summed E-state index contributed by atoms with van der Waals surface area (Å²) < 4.78 is 11.9. The first-order valence-electron chi connectivity index (χ1n) is 7.71. The van der Waals surface area contributed by atoms with Crippen molar-refractivity contribution in [1.29, 1.82) is 0 Å². The highest BCUT2D eigenvalue weighted by Gasteiger charge is 2.19. The number of carbonyl (C=O) groups is 1. The first kappa shape index (κ1) is 18.7. The van der Waals surface area contributed by atoms with Gasteiger partial charge in [-0.3, -0.25) is 4.21 Å². The molecule has 0 aliphatic heterocycles. The molecule has 0 unspecified atom stereocenters. The molecular formula is C17H28N2O2S. The fraction of sp³-hybridized carbons (Fsp3) is 0.588. The quantitative estimate of drug-likeness (QED) is 0.833. The summed E-state index contributed by atoms with van der Waals surface area (Å²) in [6.07, 6.45) is 0.956. The molecule has 0 radical (unpaired) electrons. The first-order chi connectivity index (χ1) is 10.2. The molecule has 1 atom stereocenters. The number of rotatable bonds is 6. The van der Waals surface area contributed by atoms with Gasteiger partial charge in [0.1, 0.15) is 0 Å². The van der Waals surface area contributed by atoms with E-state index in [9.17, 15) is 9.00 Å². The van der Waals surface area contributed by atoms with Crippen molar-refractivity contribution in [3.05, 3.63) is 29.8 Å². The molecular weight excluding hydrogens is 296 g/mol. The Hall–Kier alpha value is -1.36. The van der Waals surface area contributed by atoms with Crippen LogP contribution in [0, 0.1) is 5.92 Å². The summed E-state index contributed by atoms with van der Waals surface area (Å²) in [4.78, 5) is 11.8. The van der Waals surface area contributed by atoms with E-state index in [2.05, 4.69) is 24.5 Å². The van der Waals surface area contributed by atoms with E-state index >= 15 is 0 Å². The van der Waals surface area contributed by atoms with Gasteiger partial charge in [-0.1, -0.05) is 26.0 Å². The minimum Gasteiger partial charge on any atom is -0.338 e. The standard InChI is InChI=1S/C17H28N2O2S/c1-13(2)9-10-18-16(20)19-15-8-6-7-14(11-15)12-22(21)17(3,4)5/h6-8,11,13H,9-10,12H2,1-5H3,(H2,18,19,20)/t22-/m1/s1. The zero-order chi connectivity index (χ0) is 16.8. The van der Waals surface area contributed by atoms with E-state index in [-0.39, 0.29) is 10.8 Å². The molecule has 2 amide bonds. The van der Waals surface area contributed by atoms with Gasteiger partial charge in [0.15, 0.2) is 0 Å². The third kappa shape index (κ3) is 7.07. The van der Waals surface area contributed by atoms with Gasteiger partial charge in [-0.05, 0) is 50.8 Å². The van der Waals surface area contributed by atoms with E-state index in [0.29, 0.717) is 18.2 Å². The summed E-state index contributed by atoms with van der Waals surface area (Å²) >= 11 is 0. The predicted octanol–water partition coefficient (Wildman–Crippen LogP) is 3.90. The van der Waals surface area contributed by atoms with Crippen LogP contribution in [0.4, 0.5) is 10.5 Å². The van der Waals surface area contributed by atoms with Gasteiger partial charge in [0.25, 0.3) is 0 Å². The summed E-state index contributed by atoms with van der Waals surface area (Å²) in [6.45, 7) is 10.8. The third-order valence-electron chi connectivity index (χ3n) is 3.17. The minimum atomic E-state index is -0.948. The van der Waals surface area contributed by atoms with Crippen LogP contribution in [-0.4, -0.2) is 21.5 Å². The molecule has 124 valence electrons. The molecule has 0 saturated carbocycles. The Morgan fingerprint density at radius 2 is 1.95 bits per heavy atom. The molecule has 0 aliphatic carbocycles. The van der Waals surface area contributed by atoms with E-state index in [1.165, 1.54) is 0 Å². The van der Waals surface area contributed by atoms with Crippen molar-refractivity contribution in [2.45, 2.75) is 51.5 Å². The number of amides is 2. The highest BCUT2D eigenvalue weighted by molar-refractivity contribution is 7.85. The second-order valence-electron chi connectivity index (χ2n) is 6.87. The van der Waals surface area contributed by atoms with Crippen molar-refractivity contribution < 1.29 is 9.00 Å². The van der Waals surface area contributed by atoms with Gasteiger partial charge in [0.2, 0.25) is 0 Å². The fourth-order valence-electron chi connectivity index (χ4n) is 1.76. The molecule has 5 heteroatoms. The monoisotopic (exact) mass is 324 g/mol. The SMILES string of the molecule is CC(C)CCNC(=O)Nc1cccc(C[S@@](=O)C(C)(C)C)c1. The fourth-order valence-corrected chi connectivity index (χ4v) is 2.67. The van der Waals surface area contributed by atoms with Gasteiger partial charge in [-0.25, -0.2) is 4.79 Å². The highest BCUT2D eigenvalue weighted by Crippen LogP contribution is 2.18. The van der Waals surface area contributed by atoms with Crippen molar-refractivity contribution in [2.24, 2.45) is 5.92 Å². The number of hydrogen-bond acceptors (Lipinski definition) is 2. The highest BCUT2D eigenvalue weighted by atomic mass is 32.2. The lowest BCUT2D eigenvalue weighted by Crippen LogP contribution is -2.30. The van der Waals surface area contributed by atoms with Crippen LogP contribution in [0.25, 0.3) is 0 Å². The summed E-state index contributed by atoms with van der Waals surface area (Å²) in [5.41, 5.74) is 1.69. The largest absolute Gasteiger partial charge is 0.338 e. The zero-order valence-electron chi connectivity index (χ0n) is 14.2. The molecule has 0 fully saturated rings. The predicted molar refractivity (Wildman–Crippen MR) is 94.5 cm³/mol. The Morgan fingerprint density at radius 3 is 2.55 bits per heavy atom. The van der Waals surface area contributed by atoms with Crippen LogP contribution < -0.4 is 10.6 Å². The number of nitrogens with one attached hydrogen (secondary N) is 2. The topological polar surface area (TPSA) is 58.2 Å². The molecule has 22 heavy (non-hydrogen) atoms. The van der Waals surface area contributed by atoms with E-state index < -0.39 is 10.8 Å². The van der Waals surface area contributed by atoms with Crippen LogP contribution in [0.15, 0.2) is 24.3 Å². The molecule has 4 nitrogen and oxygen atoms in total. The third-order valence-corrected chi connectivity index (χ3v) is 5.13. The van der Waals surface area contributed by atoms with E-state index in [1.54, 1.807) is 0 Å². The van der Waals surface area contributed by atoms with Crippen molar-refractivity contribution in [3.8, 4) is 0 Å². The van der Waals surface area contributed by atoms with Crippen LogP contribution in [-0.2, 0) is 16.6 Å². The molecule has 0 aromatic heterocycles. The molecule has 1 rings (SSSR count). The van der Waals surface area contributed by atoms with Gasteiger partial charge in [0, 0.05) is 33.5 Å². The Labute approximate surface area is 136 Å². The van der Waals surface area contributed by atoms with Gasteiger partial charge in [-0.15, -0.1) is 0 Å². The first-order valence-corrected chi connectivity index (χ1v) is 9.02. The molecule has 0 bridgehead atoms. The number of anilines is 1. The maximum absolute atomic E-state index is 12.2. The number of hydrogen-bond donors (Lipinski definition) is 2. The van der Waals surface area contributed by atoms with Crippen LogP contribution in [0.2, 0.25) is 0 Å². The molecule has 0 heterocycles. The van der Waals surface area contributed by atoms with Gasteiger partial charge in [-0.2, -0.15) is 0 Å². The number of carbonyl (C=O) groups excluding carboxylic acids is 1. The molecule has 0 spiro atoms. The maximum Gasteiger partial charge on any atom is 0.319 e. The molecule has 0 saturated heterocycles. The van der Waals surface area contributed by atoms with Gasteiger partial charge >= 0.3 is 6.03 Å². The second kappa shape index (κ2) is 8.32. The van der Waals surface area contributed by atoms with Crippen molar-refractivity contribution in [1.82, 2.24) is 5.32 Å². The summed E-state index contributed by atoms with van der Waals surface area (Å²) in [5, 5.41) is 5.66. The zero-order valence-corrected chi connectivity index (χ0v) is 15.0. The number of urea groups is 1. The normalized spacial score (nSPS) is 13.0. The van der Waals surface area contributed by atoms with E-state index in [4.69, 9.17) is 0 Å². The lowest BCUT2D eigenvalue weighted by molar-refractivity contribution is 0.251. The molecule has 1 aromatic carbocycles. The Bertz CT molecular complexity index is 522. The van der Waals surface area contributed by atoms with E-state index in [0.717, 1.165) is 17.7 Å². The average Bonchev–Trinajstić information content (AvgIpc) is 2.37. The van der Waals surface area contributed by atoms with Crippen molar-refractivity contribution in [2.75, 3.05) is 11.9 Å². The van der Waals surface area contributed by atoms with Gasteiger partial charge < -0.3 is 10.6 Å². The van der Waals surface area contributed by atoms with Crippen molar-refractivity contribution in [3.63, 3.8) is 0 Å². The van der Waals surface area contributed by atoms with Crippen LogP contribution in [0.3, 0.4) is 0 Å². The molecule has 2 N–H and O–H groups in total. The number of benzene rings is 1. The Morgan fingerprint density at radius 1 is 1.27 bits per heavy atom. The van der Waals surface area contributed by atoms with Crippen LogP contribution >= 0.6 is 0 Å². The molecule has 0 aliphatic rings. The smallest absolute Gasteiger partial charge is 0.319 e. The maximum atomic E-state index is 12.2. The Balaban J connectivity index is 2.57. The summed E-state index contributed by atoms with van der Waals surface area (Å²) in [6, 6.07) is 7.33. The van der Waals surface area contributed by atoms with Crippen LogP contribution in [0.1, 0.15) is 46.6 Å². The van der Waals surface area contributed by atoms with Gasteiger partial charge in [0.05, 0.1) is 0 Å². The van der Waals surface area contributed by atoms with Crippen LogP contribution in [0.5, 0.6) is 0 Å². The minimum absolute atomic E-state index is 0.199. The Kier molecular flexibility index (Phi) is 7.07. The van der Waals surface area contributed by atoms with Crippen molar-refractivity contribution >= 4 is 22.5 Å². The van der Waals surface area contributed by atoms with E-state index in [1.807, 2.05) is 45.0 Å². The lowest BCUT2D eigenvalue weighted by Gasteiger charge is -2.18. The average molecular weight is 324 g/mol. The lowest BCUT2D eigenvalue weighted by atomic mass is 10.1. The second-order valence-corrected chi connectivity index (χ2v) is 9.07. The summed E-state index contributed by atoms with van der Waals surface area (Å²) in [5.74, 6) is 1.06.